The number of nitrogens with zero attached hydrogens (tertiary/aromatic N) is 1. The Balaban J connectivity index is 1.46. The summed E-state index contributed by atoms with van der Waals surface area (Å²) in [5, 5.41) is 6.05. The molecular formula is C24H18N2O. The van der Waals surface area contributed by atoms with Crippen molar-refractivity contribution in [3.05, 3.63) is 108 Å². The van der Waals surface area contributed by atoms with Crippen LogP contribution in [0.15, 0.2) is 102 Å². The van der Waals surface area contributed by atoms with Crippen LogP contribution in [0.25, 0.3) is 21.9 Å². The number of nitrogens with one attached hydrogen (secondary N) is 1. The molecule has 0 aromatic heterocycles. The molecule has 0 radical (unpaired) electrons. The SMILES string of the molecule is O=C(NN=Cc1ccc(-c2ccccc2)cc1)c1cccc2ccccc12. The standard InChI is InChI=1S/C24H18N2O/c27-24(23-12-6-10-21-9-4-5-11-22(21)23)26-25-17-18-13-15-20(16-14-18)19-7-2-1-3-8-19/h1-17H,(H,26,27). The largest absolute Gasteiger partial charge is 0.271 e. The summed E-state index contributed by atoms with van der Waals surface area (Å²) >= 11 is 0. The van der Waals surface area contributed by atoms with Gasteiger partial charge in [-0.1, -0.05) is 91.0 Å². The maximum Gasteiger partial charge on any atom is 0.271 e. The topological polar surface area (TPSA) is 41.5 Å². The van der Waals surface area contributed by atoms with Gasteiger partial charge >= 0.3 is 0 Å². The second kappa shape index (κ2) is 7.67. The highest BCUT2D eigenvalue weighted by molar-refractivity contribution is 6.07. The van der Waals surface area contributed by atoms with E-state index in [1.165, 1.54) is 5.56 Å². The van der Waals surface area contributed by atoms with Crippen molar-refractivity contribution in [2.24, 2.45) is 5.10 Å². The maximum atomic E-state index is 12.5. The third kappa shape index (κ3) is 3.77. The van der Waals surface area contributed by atoms with E-state index < -0.39 is 0 Å². The van der Waals surface area contributed by atoms with E-state index >= 15 is 0 Å². The van der Waals surface area contributed by atoms with Crippen molar-refractivity contribution in [1.82, 2.24) is 5.43 Å². The molecule has 0 fully saturated rings. The minimum absolute atomic E-state index is 0.219. The van der Waals surface area contributed by atoms with Gasteiger partial charge in [0.15, 0.2) is 0 Å². The van der Waals surface area contributed by atoms with Gasteiger partial charge in [-0.05, 0) is 33.5 Å². The van der Waals surface area contributed by atoms with Crippen LogP contribution >= 0.6 is 0 Å². The van der Waals surface area contributed by atoms with Crippen molar-refractivity contribution in [3.8, 4) is 11.1 Å². The average Bonchev–Trinajstić information content (AvgIpc) is 2.74. The summed E-state index contributed by atoms with van der Waals surface area (Å²) in [6.07, 6.45) is 1.65. The molecule has 0 spiro atoms. The minimum Gasteiger partial charge on any atom is -0.267 e. The first-order valence-corrected chi connectivity index (χ1v) is 8.78. The predicted molar refractivity (Wildman–Crippen MR) is 111 cm³/mol. The van der Waals surface area contributed by atoms with Crippen molar-refractivity contribution >= 4 is 22.9 Å². The molecule has 4 aromatic carbocycles. The molecule has 3 nitrogen and oxygen atoms in total. The fraction of sp³-hybridized carbons (Fsp3) is 0. The molecule has 0 atom stereocenters. The number of carbonyl (C=O) groups excluding carboxylic acids is 1. The highest BCUT2D eigenvalue weighted by Crippen LogP contribution is 2.19. The van der Waals surface area contributed by atoms with Crippen molar-refractivity contribution in [2.75, 3.05) is 0 Å². The van der Waals surface area contributed by atoms with Crippen LogP contribution in [0.5, 0.6) is 0 Å². The zero-order valence-corrected chi connectivity index (χ0v) is 14.7. The summed E-state index contributed by atoms with van der Waals surface area (Å²) in [7, 11) is 0. The molecule has 0 aliphatic heterocycles. The number of amides is 1. The Morgan fingerprint density at radius 2 is 1.37 bits per heavy atom. The maximum absolute atomic E-state index is 12.5. The predicted octanol–water partition coefficient (Wildman–Crippen LogP) is 5.27. The lowest BCUT2D eigenvalue weighted by Gasteiger charge is -2.05. The quantitative estimate of drug-likeness (QED) is 0.395. The van der Waals surface area contributed by atoms with Crippen LogP contribution in [0.4, 0.5) is 0 Å². The van der Waals surface area contributed by atoms with Crippen molar-refractivity contribution < 1.29 is 4.79 Å². The van der Waals surface area contributed by atoms with Crippen LogP contribution in [-0.2, 0) is 0 Å². The first-order valence-electron chi connectivity index (χ1n) is 8.78. The summed E-state index contributed by atoms with van der Waals surface area (Å²) in [6.45, 7) is 0. The molecule has 3 heteroatoms. The van der Waals surface area contributed by atoms with Gasteiger partial charge in [0.05, 0.1) is 6.21 Å². The molecule has 0 saturated heterocycles. The number of benzene rings is 4. The van der Waals surface area contributed by atoms with Crippen LogP contribution in [0.2, 0.25) is 0 Å². The van der Waals surface area contributed by atoms with E-state index in [-0.39, 0.29) is 5.91 Å². The van der Waals surface area contributed by atoms with Gasteiger partial charge in [-0.3, -0.25) is 4.79 Å². The Morgan fingerprint density at radius 1 is 0.704 bits per heavy atom. The second-order valence-corrected chi connectivity index (χ2v) is 6.21. The van der Waals surface area contributed by atoms with E-state index in [0.717, 1.165) is 21.9 Å². The number of rotatable bonds is 4. The smallest absolute Gasteiger partial charge is 0.267 e. The van der Waals surface area contributed by atoms with Crippen molar-refractivity contribution in [1.29, 1.82) is 0 Å². The Hall–Kier alpha value is -3.72. The Morgan fingerprint density at radius 3 is 2.19 bits per heavy atom. The molecule has 0 saturated carbocycles. The van der Waals surface area contributed by atoms with E-state index in [9.17, 15) is 4.79 Å². The fourth-order valence-corrected chi connectivity index (χ4v) is 3.04. The van der Waals surface area contributed by atoms with Gasteiger partial charge in [0.2, 0.25) is 0 Å². The molecule has 4 rings (SSSR count). The Kier molecular flexibility index (Phi) is 4.75. The highest BCUT2D eigenvalue weighted by atomic mass is 16.2. The van der Waals surface area contributed by atoms with E-state index in [1.807, 2.05) is 84.9 Å². The van der Waals surface area contributed by atoms with Gasteiger partial charge in [-0.15, -0.1) is 0 Å². The Labute approximate surface area is 158 Å². The summed E-state index contributed by atoms with van der Waals surface area (Å²) in [6, 6.07) is 31.7. The van der Waals surface area contributed by atoms with Crippen LogP contribution in [0.1, 0.15) is 15.9 Å². The second-order valence-electron chi connectivity index (χ2n) is 6.21. The first kappa shape index (κ1) is 16.7. The van der Waals surface area contributed by atoms with Crippen LogP contribution in [-0.4, -0.2) is 12.1 Å². The summed E-state index contributed by atoms with van der Waals surface area (Å²) in [4.78, 5) is 12.5. The molecule has 0 heterocycles. The van der Waals surface area contributed by atoms with Gasteiger partial charge < -0.3 is 0 Å². The third-order valence-electron chi connectivity index (χ3n) is 4.43. The monoisotopic (exact) mass is 350 g/mol. The van der Waals surface area contributed by atoms with E-state index in [2.05, 4.69) is 22.7 Å². The van der Waals surface area contributed by atoms with Gasteiger partial charge in [-0.2, -0.15) is 5.10 Å². The van der Waals surface area contributed by atoms with E-state index in [1.54, 1.807) is 6.21 Å². The molecule has 27 heavy (non-hydrogen) atoms. The van der Waals surface area contributed by atoms with Crippen molar-refractivity contribution in [2.45, 2.75) is 0 Å². The molecule has 130 valence electrons. The molecular weight excluding hydrogens is 332 g/mol. The number of hydrogen-bond donors (Lipinski definition) is 1. The number of hydrazone groups is 1. The summed E-state index contributed by atoms with van der Waals surface area (Å²) < 4.78 is 0. The normalized spacial score (nSPS) is 11.0. The fourth-order valence-electron chi connectivity index (χ4n) is 3.04. The lowest BCUT2D eigenvalue weighted by atomic mass is 10.0. The van der Waals surface area contributed by atoms with E-state index in [4.69, 9.17) is 0 Å². The molecule has 0 aliphatic carbocycles. The van der Waals surface area contributed by atoms with Crippen molar-refractivity contribution in [3.63, 3.8) is 0 Å². The lowest BCUT2D eigenvalue weighted by molar-refractivity contribution is 0.0957. The molecule has 0 bridgehead atoms. The average molecular weight is 350 g/mol. The third-order valence-corrected chi connectivity index (χ3v) is 4.43. The number of fused-ring (bicyclic) bond motifs is 1. The van der Waals surface area contributed by atoms with Gasteiger partial charge in [0, 0.05) is 5.56 Å². The molecule has 1 amide bonds. The minimum atomic E-state index is -0.219. The number of carbonyl (C=O) groups is 1. The first-order chi connectivity index (χ1) is 13.3. The zero-order chi connectivity index (χ0) is 18.5. The number of hydrogen-bond acceptors (Lipinski definition) is 2. The van der Waals surface area contributed by atoms with Crippen LogP contribution < -0.4 is 5.43 Å². The summed E-state index contributed by atoms with van der Waals surface area (Å²) in [5.74, 6) is -0.219. The van der Waals surface area contributed by atoms with Gasteiger partial charge in [0.25, 0.3) is 5.91 Å². The lowest BCUT2D eigenvalue weighted by Crippen LogP contribution is -2.17. The zero-order valence-electron chi connectivity index (χ0n) is 14.7. The highest BCUT2D eigenvalue weighted by Gasteiger charge is 2.08. The molecule has 4 aromatic rings. The van der Waals surface area contributed by atoms with Gasteiger partial charge in [0.1, 0.15) is 0 Å². The van der Waals surface area contributed by atoms with Crippen LogP contribution in [0, 0.1) is 0 Å². The molecule has 1 N–H and O–H groups in total. The summed E-state index contributed by atoms with van der Waals surface area (Å²) in [5.41, 5.74) is 6.47. The molecule has 0 aliphatic rings. The van der Waals surface area contributed by atoms with E-state index in [0.29, 0.717) is 5.56 Å². The van der Waals surface area contributed by atoms with Crippen LogP contribution in [0.3, 0.4) is 0 Å². The van der Waals surface area contributed by atoms with Gasteiger partial charge in [-0.25, -0.2) is 5.43 Å². The molecule has 0 unspecified atom stereocenters. The Bertz CT molecular complexity index is 1090.